The average molecular weight is 239 g/mol. The molecule has 0 fully saturated rings. The van der Waals surface area contributed by atoms with Crippen molar-refractivity contribution in [1.29, 1.82) is 0 Å². The Labute approximate surface area is 101 Å². The standard InChI is InChI=1S/C13H18FNO2/c1-9-8-10(17-5)6-7-11(9)12(16)15(14)13(2,3)4/h6-8H,1-5H3. The van der Waals surface area contributed by atoms with E-state index in [1.807, 2.05) is 0 Å². The summed E-state index contributed by atoms with van der Waals surface area (Å²) in [6.45, 7) is 6.68. The molecule has 0 spiro atoms. The largest absolute Gasteiger partial charge is 0.497 e. The van der Waals surface area contributed by atoms with Gasteiger partial charge in [-0.2, -0.15) is 5.12 Å². The molecule has 0 aromatic heterocycles. The van der Waals surface area contributed by atoms with E-state index >= 15 is 0 Å². The quantitative estimate of drug-likeness (QED) is 0.742. The molecule has 1 rings (SSSR count). The lowest BCUT2D eigenvalue weighted by Gasteiger charge is -2.27. The van der Waals surface area contributed by atoms with Gasteiger partial charge in [0.15, 0.2) is 0 Å². The predicted octanol–water partition coefficient (Wildman–Crippen LogP) is 3.13. The summed E-state index contributed by atoms with van der Waals surface area (Å²) in [6.07, 6.45) is 0. The molecule has 94 valence electrons. The van der Waals surface area contributed by atoms with Crippen LogP contribution in [0.2, 0.25) is 0 Å². The third kappa shape index (κ3) is 2.96. The molecule has 0 atom stereocenters. The number of methoxy groups -OCH3 is 1. The SMILES string of the molecule is COc1ccc(C(=O)N(F)C(C)(C)C)c(C)c1. The van der Waals surface area contributed by atoms with Gasteiger partial charge in [0.1, 0.15) is 5.75 Å². The number of hydrogen-bond donors (Lipinski definition) is 0. The van der Waals surface area contributed by atoms with Gasteiger partial charge in [-0.25, -0.2) is 0 Å². The van der Waals surface area contributed by atoms with Crippen LogP contribution in [-0.4, -0.2) is 23.7 Å². The van der Waals surface area contributed by atoms with Crippen LogP contribution in [-0.2, 0) is 0 Å². The Kier molecular flexibility index (Phi) is 3.76. The van der Waals surface area contributed by atoms with Crippen LogP contribution in [0.5, 0.6) is 5.75 Å². The van der Waals surface area contributed by atoms with Crippen LogP contribution in [0.3, 0.4) is 0 Å². The zero-order valence-electron chi connectivity index (χ0n) is 10.9. The summed E-state index contributed by atoms with van der Waals surface area (Å²) in [5.41, 5.74) is 0.202. The number of carbonyl (C=O) groups excluding carboxylic acids is 1. The third-order valence-corrected chi connectivity index (χ3v) is 2.43. The molecule has 0 aliphatic rings. The van der Waals surface area contributed by atoms with Crippen LogP contribution in [0, 0.1) is 6.92 Å². The monoisotopic (exact) mass is 239 g/mol. The summed E-state index contributed by atoms with van der Waals surface area (Å²) in [6, 6.07) is 4.94. The van der Waals surface area contributed by atoms with Crippen LogP contribution in [0.1, 0.15) is 36.7 Å². The van der Waals surface area contributed by atoms with E-state index in [-0.39, 0.29) is 5.12 Å². The molecule has 0 heterocycles. The van der Waals surface area contributed by atoms with Gasteiger partial charge in [0.2, 0.25) is 0 Å². The Morgan fingerprint density at radius 2 is 1.94 bits per heavy atom. The Morgan fingerprint density at radius 3 is 2.35 bits per heavy atom. The molecule has 1 amide bonds. The molecule has 1 aromatic rings. The minimum Gasteiger partial charge on any atom is -0.497 e. The van der Waals surface area contributed by atoms with Gasteiger partial charge in [-0.15, -0.1) is 0 Å². The van der Waals surface area contributed by atoms with Crippen molar-refractivity contribution in [1.82, 2.24) is 5.12 Å². The molecule has 0 aliphatic heterocycles. The number of aryl methyl sites for hydroxylation is 1. The summed E-state index contributed by atoms with van der Waals surface area (Å²) in [7, 11) is 1.55. The van der Waals surface area contributed by atoms with Crippen LogP contribution in [0.4, 0.5) is 4.48 Å². The fourth-order valence-corrected chi connectivity index (χ4v) is 1.41. The lowest BCUT2D eigenvalue weighted by molar-refractivity contribution is -0.0322. The zero-order chi connectivity index (χ0) is 13.2. The summed E-state index contributed by atoms with van der Waals surface area (Å²) < 4.78 is 18.8. The highest BCUT2D eigenvalue weighted by Gasteiger charge is 2.28. The maximum atomic E-state index is 13.8. The summed E-state index contributed by atoms with van der Waals surface area (Å²) in [5.74, 6) is 0.0258. The molecule has 0 saturated carbocycles. The number of amides is 1. The first-order chi connectivity index (χ1) is 7.77. The number of benzene rings is 1. The van der Waals surface area contributed by atoms with Gasteiger partial charge in [-0.3, -0.25) is 4.79 Å². The number of rotatable bonds is 2. The number of hydrogen-bond acceptors (Lipinski definition) is 2. The van der Waals surface area contributed by atoms with Crippen molar-refractivity contribution in [3.63, 3.8) is 0 Å². The van der Waals surface area contributed by atoms with Crippen molar-refractivity contribution in [3.8, 4) is 5.75 Å². The highest BCUT2D eigenvalue weighted by Crippen LogP contribution is 2.22. The minimum absolute atomic E-state index is 0.252. The number of ether oxygens (including phenoxy) is 1. The molecular formula is C13H18FNO2. The van der Waals surface area contributed by atoms with Gasteiger partial charge in [0.05, 0.1) is 12.6 Å². The Hall–Kier alpha value is -1.58. The van der Waals surface area contributed by atoms with Crippen molar-refractivity contribution < 1.29 is 14.0 Å². The fourth-order valence-electron chi connectivity index (χ4n) is 1.41. The van der Waals surface area contributed by atoms with Gasteiger partial charge >= 0.3 is 0 Å². The van der Waals surface area contributed by atoms with Gasteiger partial charge < -0.3 is 4.74 Å². The van der Waals surface area contributed by atoms with Crippen LogP contribution in [0.25, 0.3) is 0 Å². The van der Waals surface area contributed by atoms with E-state index < -0.39 is 11.4 Å². The smallest absolute Gasteiger partial charge is 0.282 e. The highest BCUT2D eigenvalue weighted by molar-refractivity contribution is 5.95. The first-order valence-electron chi connectivity index (χ1n) is 5.42. The minimum atomic E-state index is -0.844. The maximum Gasteiger partial charge on any atom is 0.282 e. The summed E-state index contributed by atoms with van der Waals surface area (Å²) in [5, 5.41) is 0.252. The molecule has 4 heteroatoms. The number of halogens is 1. The van der Waals surface area contributed by atoms with Gasteiger partial charge in [-0.05, 0) is 51.5 Å². The van der Waals surface area contributed by atoms with Crippen LogP contribution < -0.4 is 4.74 Å². The van der Waals surface area contributed by atoms with Crippen molar-refractivity contribution in [2.45, 2.75) is 33.2 Å². The molecule has 3 nitrogen and oxygen atoms in total. The molecule has 17 heavy (non-hydrogen) atoms. The highest BCUT2D eigenvalue weighted by atomic mass is 19.2. The Balaban J connectivity index is 3.05. The normalized spacial score (nSPS) is 11.2. The van der Waals surface area contributed by atoms with Gasteiger partial charge in [-0.1, -0.05) is 4.48 Å². The molecular weight excluding hydrogens is 221 g/mol. The van der Waals surface area contributed by atoms with E-state index in [4.69, 9.17) is 4.74 Å². The van der Waals surface area contributed by atoms with E-state index in [2.05, 4.69) is 0 Å². The molecule has 0 unspecified atom stereocenters. The van der Waals surface area contributed by atoms with Crippen molar-refractivity contribution in [2.75, 3.05) is 7.11 Å². The van der Waals surface area contributed by atoms with E-state index in [9.17, 15) is 9.28 Å². The third-order valence-electron chi connectivity index (χ3n) is 2.43. The van der Waals surface area contributed by atoms with Crippen molar-refractivity contribution >= 4 is 5.91 Å². The lowest BCUT2D eigenvalue weighted by Crippen LogP contribution is -2.39. The van der Waals surface area contributed by atoms with Crippen molar-refractivity contribution in [2.24, 2.45) is 0 Å². The van der Waals surface area contributed by atoms with Crippen molar-refractivity contribution in [3.05, 3.63) is 29.3 Å². The lowest BCUT2D eigenvalue weighted by atomic mass is 10.0. The van der Waals surface area contributed by atoms with E-state index in [1.165, 1.54) is 0 Å². The molecule has 0 radical (unpaired) electrons. The molecule has 0 aliphatic carbocycles. The Morgan fingerprint density at radius 1 is 1.35 bits per heavy atom. The van der Waals surface area contributed by atoms with Gasteiger partial charge in [0, 0.05) is 5.56 Å². The molecule has 0 saturated heterocycles. The average Bonchev–Trinajstić information content (AvgIpc) is 2.25. The first kappa shape index (κ1) is 13.5. The topological polar surface area (TPSA) is 29.5 Å². The van der Waals surface area contributed by atoms with E-state index in [0.717, 1.165) is 0 Å². The predicted molar refractivity (Wildman–Crippen MR) is 64.8 cm³/mol. The van der Waals surface area contributed by atoms with Gasteiger partial charge in [0.25, 0.3) is 5.91 Å². The second-order valence-corrected chi connectivity index (χ2v) is 4.94. The fraction of sp³-hybridized carbons (Fsp3) is 0.462. The maximum absolute atomic E-state index is 13.8. The van der Waals surface area contributed by atoms with Crippen LogP contribution >= 0.6 is 0 Å². The second kappa shape index (κ2) is 4.73. The summed E-state index contributed by atoms with van der Waals surface area (Å²) >= 11 is 0. The van der Waals surface area contributed by atoms with Crippen LogP contribution in [0.15, 0.2) is 18.2 Å². The number of carbonyl (C=O) groups is 1. The molecule has 0 N–H and O–H groups in total. The molecule has 1 aromatic carbocycles. The summed E-state index contributed by atoms with van der Waals surface area (Å²) in [4.78, 5) is 11.9. The van der Waals surface area contributed by atoms with E-state index in [0.29, 0.717) is 16.9 Å². The number of nitrogens with zero attached hydrogens (tertiary/aromatic N) is 1. The second-order valence-electron chi connectivity index (χ2n) is 4.94. The Bertz CT molecular complexity index is 424. The zero-order valence-corrected chi connectivity index (χ0v) is 10.9. The van der Waals surface area contributed by atoms with E-state index in [1.54, 1.807) is 53.0 Å². The first-order valence-corrected chi connectivity index (χ1v) is 5.42. The molecule has 0 bridgehead atoms.